The number of ether oxygens (including phenoxy) is 2. The van der Waals surface area contributed by atoms with Gasteiger partial charge in [0.2, 0.25) is 0 Å². The number of thiazole rings is 1. The van der Waals surface area contributed by atoms with Crippen molar-refractivity contribution in [1.82, 2.24) is 9.13 Å². The molecule has 4 aromatic rings. The molecule has 1 aliphatic heterocycles. The molecule has 0 fully saturated rings. The van der Waals surface area contributed by atoms with E-state index in [1.807, 2.05) is 24.3 Å². The number of carbonyl (C=O) groups is 1. The van der Waals surface area contributed by atoms with Crippen LogP contribution in [0.5, 0.6) is 5.75 Å². The van der Waals surface area contributed by atoms with Crippen LogP contribution in [0.25, 0.3) is 11.8 Å². The summed E-state index contributed by atoms with van der Waals surface area (Å²) in [7, 11) is 1.57. The van der Waals surface area contributed by atoms with E-state index in [0.29, 0.717) is 31.9 Å². The van der Waals surface area contributed by atoms with E-state index in [4.69, 9.17) is 14.5 Å². The molecular formula is C32H31BrIN3O4S. The monoisotopic (exact) mass is 759 g/mol. The molecule has 42 heavy (non-hydrogen) atoms. The first-order chi connectivity index (χ1) is 19.9. The number of methoxy groups -OCH3 is 1. The van der Waals surface area contributed by atoms with Gasteiger partial charge in [-0.3, -0.25) is 9.36 Å². The molecular weight excluding hydrogens is 729 g/mol. The van der Waals surface area contributed by atoms with Gasteiger partial charge in [-0.05, 0) is 118 Å². The predicted molar refractivity (Wildman–Crippen MR) is 178 cm³/mol. The lowest BCUT2D eigenvalue weighted by Gasteiger charge is -2.26. The number of benzene rings is 2. The molecule has 0 N–H and O–H groups in total. The minimum atomic E-state index is -0.774. The third-order valence-corrected chi connectivity index (χ3v) is 9.88. The van der Waals surface area contributed by atoms with Crippen LogP contribution in [0.15, 0.2) is 68.0 Å². The Kier molecular flexibility index (Phi) is 8.69. The maximum absolute atomic E-state index is 14.2. The number of hydrogen-bond acceptors (Lipinski definition) is 6. The average molecular weight is 760 g/mol. The minimum Gasteiger partial charge on any atom is -0.496 e. The lowest BCUT2D eigenvalue weighted by molar-refractivity contribution is -0.143. The SMILES string of the molecule is COc1ccc(Br)cc1[C@@H]1C(C(=O)OC(C)C)=C(C)N=c2s/c(=C\c3cc(C)n(-c4ccc(C)c(I)c4)c3C)c(=O)n21. The zero-order chi connectivity index (χ0) is 30.5. The van der Waals surface area contributed by atoms with Crippen LogP contribution in [0.4, 0.5) is 0 Å². The van der Waals surface area contributed by atoms with Gasteiger partial charge in [0.15, 0.2) is 4.80 Å². The summed E-state index contributed by atoms with van der Waals surface area (Å²) in [6.07, 6.45) is 1.59. The van der Waals surface area contributed by atoms with Gasteiger partial charge < -0.3 is 14.0 Å². The van der Waals surface area contributed by atoms with Crippen molar-refractivity contribution >= 4 is 61.9 Å². The number of esters is 1. The molecule has 0 unspecified atom stereocenters. The number of aryl methyl sites for hydroxylation is 2. The molecule has 0 aliphatic carbocycles. The van der Waals surface area contributed by atoms with Crippen molar-refractivity contribution in [3.05, 3.63) is 110 Å². The fourth-order valence-electron chi connectivity index (χ4n) is 5.27. The van der Waals surface area contributed by atoms with Crippen molar-refractivity contribution in [2.45, 2.75) is 53.7 Å². The summed E-state index contributed by atoms with van der Waals surface area (Å²) in [6, 6.07) is 13.3. The lowest BCUT2D eigenvalue weighted by Crippen LogP contribution is -2.40. The van der Waals surface area contributed by atoms with E-state index >= 15 is 0 Å². The topological polar surface area (TPSA) is 74.8 Å². The van der Waals surface area contributed by atoms with Gasteiger partial charge in [0.1, 0.15) is 11.8 Å². The highest BCUT2D eigenvalue weighted by Crippen LogP contribution is 2.37. The Morgan fingerprint density at radius 1 is 1.12 bits per heavy atom. The Hall–Kier alpha value is -2.96. The van der Waals surface area contributed by atoms with Gasteiger partial charge in [-0.25, -0.2) is 9.79 Å². The van der Waals surface area contributed by atoms with E-state index in [9.17, 15) is 9.59 Å². The first-order valence-corrected chi connectivity index (χ1v) is 16.1. The van der Waals surface area contributed by atoms with Crippen molar-refractivity contribution in [3.63, 3.8) is 0 Å². The maximum Gasteiger partial charge on any atom is 0.338 e. The summed E-state index contributed by atoms with van der Waals surface area (Å²) in [4.78, 5) is 32.9. The van der Waals surface area contributed by atoms with E-state index < -0.39 is 12.0 Å². The Labute approximate surface area is 270 Å². The minimum absolute atomic E-state index is 0.234. The summed E-state index contributed by atoms with van der Waals surface area (Å²) in [5.41, 5.74) is 6.59. The second kappa shape index (κ2) is 12.0. The maximum atomic E-state index is 14.2. The van der Waals surface area contributed by atoms with Crippen molar-refractivity contribution < 1.29 is 14.3 Å². The number of aromatic nitrogens is 2. The van der Waals surface area contributed by atoms with Crippen LogP contribution in [-0.2, 0) is 9.53 Å². The van der Waals surface area contributed by atoms with Crippen molar-refractivity contribution in [3.8, 4) is 11.4 Å². The molecule has 0 spiro atoms. The summed E-state index contributed by atoms with van der Waals surface area (Å²) in [5, 5.41) is 0. The second-order valence-corrected chi connectivity index (χ2v) is 13.6. The molecule has 1 atom stereocenters. The van der Waals surface area contributed by atoms with Crippen LogP contribution in [0, 0.1) is 24.3 Å². The zero-order valence-corrected chi connectivity index (χ0v) is 29.0. The van der Waals surface area contributed by atoms with Gasteiger partial charge in [0.05, 0.1) is 29.0 Å². The van der Waals surface area contributed by atoms with E-state index in [0.717, 1.165) is 27.1 Å². The molecule has 0 radical (unpaired) electrons. The molecule has 0 bridgehead atoms. The largest absolute Gasteiger partial charge is 0.496 e. The van der Waals surface area contributed by atoms with Crippen LogP contribution in [0.2, 0.25) is 0 Å². The molecule has 218 valence electrons. The number of fused-ring (bicyclic) bond motifs is 1. The van der Waals surface area contributed by atoms with Gasteiger partial charge in [-0.15, -0.1) is 0 Å². The molecule has 2 aromatic heterocycles. The van der Waals surface area contributed by atoms with Gasteiger partial charge >= 0.3 is 5.97 Å². The first kappa shape index (κ1) is 30.5. The van der Waals surface area contributed by atoms with Crippen molar-refractivity contribution in [2.75, 3.05) is 7.11 Å². The van der Waals surface area contributed by atoms with Crippen LogP contribution in [0.3, 0.4) is 0 Å². The predicted octanol–water partition coefficient (Wildman–Crippen LogP) is 6.28. The third-order valence-electron chi connectivity index (χ3n) is 7.24. The second-order valence-electron chi connectivity index (χ2n) is 10.5. The van der Waals surface area contributed by atoms with E-state index in [1.165, 1.54) is 20.5 Å². The summed E-state index contributed by atoms with van der Waals surface area (Å²) in [5.74, 6) is 0.0439. The summed E-state index contributed by atoms with van der Waals surface area (Å²) < 4.78 is 17.6. The Morgan fingerprint density at radius 2 is 1.86 bits per heavy atom. The number of rotatable bonds is 6. The highest BCUT2D eigenvalue weighted by molar-refractivity contribution is 14.1. The Bertz CT molecular complexity index is 1950. The van der Waals surface area contributed by atoms with Crippen LogP contribution in [-0.4, -0.2) is 28.3 Å². The average Bonchev–Trinajstić information content (AvgIpc) is 3.38. The molecule has 10 heteroatoms. The third kappa shape index (κ3) is 5.56. The Morgan fingerprint density at radius 3 is 2.52 bits per heavy atom. The quantitative estimate of drug-likeness (QED) is 0.172. The van der Waals surface area contributed by atoms with Crippen molar-refractivity contribution in [1.29, 1.82) is 0 Å². The molecule has 0 saturated carbocycles. The van der Waals surface area contributed by atoms with Crippen LogP contribution < -0.4 is 19.6 Å². The van der Waals surface area contributed by atoms with E-state index in [1.54, 1.807) is 32.4 Å². The normalized spacial score (nSPS) is 15.2. The Balaban J connectivity index is 1.72. The molecule has 2 aromatic carbocycles. The zero-order valence-electron chi connectivity index (χ0n) is 24.4. The van der Waals surface area contributed by atoms with Crippen molar-refractivity contribution in [2.24, 2.45) is 4.99 Å². The molecule has 1 aliphatic rings. The molecule has 5 rings (SSSR count). The first-order valence-electron chi connectivity index (χ1n) is 13.4. The number of allylic oxidation sites excluding steroid dienone is 1. The standard InChI is InChI=1S/C32H31BrIN3O4S/c1-16(2)41-31(39)28-19(5)35-32-37(29(28)24-14-22(33)9-11-26(24)40-7)30(38)27(42-32)13-21-12-18(4)36(20(21)6)23-10-8-17(3)25(34)15-23/h8-16,29H,1-7H3/b27-13-/t29-/m1/s1. The van der Waals surface area contributed by atoms with Crippen LogP contribution in [0.1, 0.15) is 54.9 Å². The van der Waals surface area contributed by atoms with Crippen LogP contribution >= 0.6 is 49.9 Å². The molecule has 0 amide bonds. The molecule has 3 heterocycles. The number of nitrogens with zero attached hydrogens (tertiary/aromatic N) is 3. The number of halogens is 2. The summed E-state index contributed by atoms with van der Waals surface area (Å²) >= 11 is 7.21. The van der Waals surface area contributed by atoms with Gasteiger partial charge in [-0.2, -0.15) is 0 Å². The smallest absolute Gasteiger partial charge is 0.338 e. The molecule has 0 saturated heterocycles. The van der Waals surface area contributed by atoms with E-state index in [2.05, 4.69) is 88.1 Å². The lowest BCUT2D eigenvalue weighted by atomic mass is 9.95. The highest BCUT2D eigenvalue weighted by Gasteiger charge is 2.35. The fourth-order valence-corrected chi connectivity index (χ4v) is 7.18. The number of carbonyl (C=O) groups excluding carboxylic acids is 1. The highest BCUT2D eigenvalue weighted by atomic mass is 127. The number of hydrogen-bond donors (Lipinski definition) is 0. The summed E-state index contributed by atoms with van der Waals surface area (Å²) in [6.45, 7) is 11.6. The molecule has 7 nitrogen and oxygen atoms in total. The van der Waals surface area contributed by atoms with Gasteiger partial charge in [-0.1, -0.05) is 33.3 Å². The van der Waals surface area contributed by atoms with Gasteiger partial charge in [0.25, 0.3) is 5.56 Å². The van der Waals surface area contributed by atoms with E-state index in [-0.39, 0.29) is 11.7 Å². The fraction of sp³-hybridized carbons (Fsp3) is 0.281. The van der Waals surface area contributed by atoms with Gasteiger partial charge in [0, 0.05) is 30.7 Å².